The van der Waals surface area contributed by atoms with E-state index in [4.69, 9.17) is 11.6 Å². The Balaban J connectivity index is 1.59. The van der Waals surface area contributed by atoms with Crippen molar-refractivity contribution in [1.29, 1.82) is 0 Å². The van der Waals surface area contributed by atoms with E-state index < -0.39 is 10.0 Å². The number of hydrogen-bond donors (Lipinski definition) is 1. The third-order valence-electron chi connectivity index (χ3n) is 3.77. The van der Waals surface area contributed by atoms with Gasteiger partial charge >= 0.3 is 0 Å². The largest absolute Gasteiger partial charge is 0.291 e. The van der Waals surface area contributed by atoms with E-state index in [1.807, 2.05) is 22.9 Å². The summed E-state index contributed by atoms with van der Waals surface area (Å²) in [5.74, 6) is 0.605. The predicted octanol–water partition coefficient (Wildman–Crippen LogP) is 3.85. The van der Waals surface area contributed by atoms with Crippen molar-refractivity contribution < 1.29 is 8.42 Å². The second kappa shape index (κ2) is 6.44. The molecule has 0 bridgehead atoms. The van der Waals surface area contributed by atoms with Gasteiger partial charge in [-0.05, 0) is 36.4 Å². The molecule has 0 unspecified atom stereocenters. The van der Waals surface area contributed by atoms with Crippen LogP contribution in [0.1, 0.15) is 0 Å². The van der Waals surface area contributed by atoms with Gasteiger partial charge in [0, 0.05) is 34.9 Å². The third-order valence-corrected chi connectivity index (χ3v) is 5.39. The molecule has 0 fully saturated rings. The number of sulfonamides is 1. The molecule has 0 amide bonds. The second-order valence-electron chi connectivity index (χ2n) is 5.59. The van der Waals surface area contributed by atoms with E-state index in [9.17, 15) is 8.42 Å². The highest BCUT2D eigenvalue weighted by atomic mass is 35.5. The lowest BCUT2D eigenvalue weighted by Gasteiger charge is -2.08. The van der Waals surface area contributed by atoms with Crippen molar-refractivity contribution in [3.05, 3.63) is 78.2 Å². The van der Waals surface area contributed by atoms with Gasteiger partial charge in [-0.15, -0.1) is 0 Å². The van der Waals surface area contributed by atoms with E-state index in [-0.39, 0.29) is 4.90 Å². The van der Waals surface area contributed by atoms with Crippen LogP contribution in [0.4, 0.5) is 5.69 Å². The number of benzene rings is 2. The lowest BCUT2D eigenvalue weighted by molar-refractivity contribution is 0.601. The number of aromatic nitrogens is 3. The van der Waals surface area contributed by atoms with Crippen LogP contribution in [0.2, 0.25) is 5.02 Å². The summed E-state index contributed by atoms with van der Waals surface area (Å²) in [4.78, 5) is 8.74. The highest BCUT2D eigenvalue weighted by Gasteiger charge is 2.14. The molecule has 6 nitrogen and oxygen atoms in total. The van der Waals surface area contributed by atoms with Gasteiger partial charge in [-0.1, -0.05) is 29.8 Å². The zero-order valence-electron chi connectivity index (χ0n) is 13.4. The molecule has 0 aliphatic rings. The van der Waals surface area contributed by atoms with Crippen molar-refractivity contribution in [3.63, 3.8) is 0 Å². The van der Waals surface area contributed by atoms with E-state index >= 15 is 0 Å². The summed E-state index contributed by atoms with van der Waals surface area (Å²) >= 11 is 5.87. The van der Waals surface area contributed by atoms with Crippen molar-refractivity contribution >= 4 is 33.1 Å². The molecule has 0 aliphatic carbocycles. The number of hydrogen-bond acceptors (Lipinski definition) is 4. The Morgan fingerprint density at radius 2 is 1.85 bits per heavy atom. The third kappa shape index (κ3) is 3.26. The van der Waals surface area contributed by atoms with Crippen molar-refractivity contribution in [2.75, 3.05) is 4.72 Å². The summed E-state index contributed by atoms with van der Waals surface area (Å²) in [6.07, 6.45) is 5.42. The Kier molecular flexibility index (Phi) is 4.10. The Hall–Kier alpha value is -2.90. The zero-order valence-corrected chi connectivity index (χ0v) is 14.9. The van der Waals surface area contributed by atoms with Crippen molar-refractivity contribution in [1.82, 2.24) is 14.4 Å². The maximum absolute atomic E-state index is 12.4. The van der Waals surface area contributed by atoms with Gasteiger partial charge in [0.05, 0.1) is 10.6 Å². The van der Waals surface area contributed by atoms with E-state index in [0.717, 1.165) is 11.3 Å². The summed E-state index contributed by atoms with van der Waals surface area (Å²) in [5.41, 5.74) is 2.07. The first-order valence-electron chi connectivity index (χ1n) is 7.70. The van der Waals surface area contributed by atoms with E-state index in [1.165, 1.54) is 12.1 Å². The molecule has 2 heterocycles. The Morgan fingerprint density at radius 3 is 2.58 bits per heavy atom. The molecule has 2 aromatic carbocycles. The van der Waals surface area contributed by atoms with E-state index in [1.54, 1.807) is 42.6 Å². The van der Waals surface area contributed by atoms with Gasteiger partial charge < -0.3 is 0 Å². The highest BCUT2D eigenvalue weighted by Crippen LogP contribution is 2.23. The van der Waals surface area contributed by atoms with E-state index in [2.05, 4.69) is 14.7 Å². The molecule has 0 spiro atoms. The fraction of sp³-hybridized carbons (Fsp3) is 0. The molecule has 0 saturated carbocycles. The Bertz CT molecular complexity index is 1150. The molecule has 2 aromatic heterocycles. The molecule has 0 aliphatic heterocycles. The van der Waals surface area contributed by atoms with Gasteiger partial charge in [-0.25, -0.2) is 18.4 Å². The van der Waals surface area contributed by atoms with Gasteiger partial charge in [0.2, 0.25) is 5.78 Å². The number of halogens is 1. The van der Waals surface area contributed by atoms with Gasteiger partial charge in [0.25, 0.3) is 10.0 Å². The smallest absolute Gasteiger partial charge is 0.261 e. The van der Waals surface area contributed by atoms with Crippen LogP contribution in [0, 0.1) is 0 Å². The normalized spacial score (nSPS) is 11.6. The second-order valence-corrected chi connectivity index (χ2v) is 7.71. The minimum atomic E-state index is -3.70. The SMILES string of the molecule is O=S(=O)(Nc1ccc(-c2cn3cccnc3n2)cc1)c1cccc(Cl)c1. The van der Waals surface area contributed by atoms with Crippen LogP contribution in [-0.4, -0.2) is 22.8 Å². The van der Waals surface area contributed by atoms with Crippen LogP contribution in [0.25, 0.3) is 17.0 Å². The monoisotopic (exact) mass is 384 g/mol. The number of fused-ring (bicyclic) bond motifs is 1. The van der Waals surface area contributed by atoms with Gasteiger partial charge in [0.15, 0.2) is 0 Å². The minimum Gasteiger partial charge on any atom is -0.291 e. The molecule has 4 aromatic rings. The summed E-state index contributed by atoms with van der Waals surface area (Å²) in [6.45, 7) is 0. The molecular weight excluding hydrogens is 372 g/mol. The van der Waals surface area contributed by atoms with Crippen LogP contribution in [0.5, 0.6) is 0 Å². The maximum Gasteiger partial charge on any atom is 0.261 e. The topological polar surface area (TPSA) is 76.4 Å². The fourth-order valence-electron chi connectivity index (χ4n) is 2.53. The molecule has 4 rings (SSSR count). The number of anilines is 1. The lowest BCUT2D eigenvalue weighted by atomic mass is 10.1. The van der Waals surface area contributed by atoms with Crippen molar-refractivity contribution in [2.24, 2.45) is 0 Å². The first kappa shape index (κ1) is 16.6. The average molecular weight is 385 g/mol. The molecule has 0 radical (unpaired) electrons. The summed E-state index contributed by atoms with van der Waals surface area (Å²) < 4.78 is 29.2. The Morgan fingerprint density at radius 1 is 1.04 bits per heavy atom. The van der Waals surface area contributed by atoms with E-state index in [0.29, 0.717) is 16.5 Å². The molecule has 130 valence electrons. The van der Waals surface area contributed by atoms with Crippen LogP contribution in [0.3, 0.4) is 0 Å². The molecule has 0 atom stereocenters. The quantitative estimate of drug-likeness (QED) is 0.579. The molecule has 1 N–H and O–H groups in total. The maximum atomic E-state index is 12.4. The molecule has 8 heteroatoms. The van der Waals surface area contributed by atoms with Crippen LogP contribution in [0.15, 0.2) is 78.1 Å². The summed E-state index contributed by atoms with van der Waals surface area (Å²) in [5, 5.41) is 0.365. The molecular formula is C18H13ClN4O2S. The van der Waals surface area contributed by atoms with Crippen LogP contribution >= 0.6 is 11.6 Å². The van der Waals surface area contributed by atoms with Gasteiger partial charge in [-0.2, -0.15) is 0 Å². The predicted molar refractivity (Wildman–Crippen MR) is 101 cm³/mol. The number of nitrogens with zero attached hydrogens (tertiary/aromatic N) is 3. The van der Waals surface area contributed by atoms with Crippen molar-refractivity contribution in [2.45, 2.75) is 4.90 Å². The van der Waals surface area contributed by atoms with Crippen LogP contribution in [-0.2, 0) is 10.0 Å². The first-order valence-corrected chi connectivity index (χ1v) is 9.56. The lowest BCUT2D eigenvalue weighted by Crippen LogP contribution is -2.12. The van der Waals surface area contributed by atoms with Crippen molar-refractivity contribution in [3.8, 4) is 11.3 Å². The standard InChI is InChI=1S/C18H13ClN4O2S/c19-14-3-1-4-16(11-14)26(24,25)22-15-7-5-13(6-8-15)17-12-23-10-2-9-20-18(23)21-17/h1-12,22H. The molecule has 26 heavy (non-hydrogen) atoms. The van der Waals surface area contributed by atoms with Crippen LogP contribution < -0.4 is 4.72 Å². The first-order chi connectivity index (χ1) is 12.5. The number of imidazole rings is 1. The average Bonchev–Trinajstić information content (AvgIpc) is 3.06. The fourth-order valence-corrected chi connectivity index (χ4v) is 3.89. The van der Waals surface area contributed by atoms with Gasteiger partial charge in [-0.3, -0.25) is 9.12 Å². The number of rotatable bonds is 4. The van der Waals surface area contributed by atoms with Gasteiger partial charge in [0.1, 0.15) is 0 Å². The zero-order chi connectivity index (χ0) is 18.1. The number of nitrogens with one attached hydrogen (secondary N) is 1. The summed E-state index contributed by atoms with van der Waals surface area (Å²) in [7, 11) is -3.70. The minimum absolute atomic E-state index is 0.112. The highest BCUT2D eigenvalue weighted by molar-refractivity contribution is 7.92. The Labute approximate surface area is 155 Å². The summed E-state index contributed by atoms with van der Waals surface area (Å²) in [6, 6.07) is 14.9. The molecule has 0 saturated heterocycles.